The molecular weight excluding hydrogens is 524 g/mol. The topological polar surface area (TPSA) is 89.5 Å². The molecule has 0 amide bonds. The first-order valence-electron chi connectivity index (χ1n) is 13.9. The molecule has 218 valence electrons. The quantitative estimate of drug-likeness (QED) is 0.253. The molecule has 0 aromatic heterocycles. The van der Waals surface area contributed by atoms with Crippen LogP contribution in [0.3, 0.4) is 0 Å². The third kappa shape index (κ3) is 9.79. The summed E-state index contributed by atoms with van der Waals surface area (Å²) >= 11 is 0. The van der Waals surface area contributed by atoms with Crippen LogP contribution in [-0.4, -0.2) is 55.7 Å². The van der Waals surface area contributed by atoms with E-state index in [0.29, 0.717) is 26.2 Å². The second-order valence-corrected chi connectivity index (χ2v) is 9.93. The average Bonchev–Trinajstić information content (AvgIpc) is 2.99. The first-order chi connectivity index (χ1) is 20.0. The van der Waals surface area contributed by atoms with Gasteiger partial charge in [0.25, 0.3) is 0 Å². The maximum atomic E-state index is 11.8. The van der Waals surface area contributed by atoms with Gasteiger partial charge in [-0.3, -0.25) is 9.59 Å². The molecule has 1 aliphatic heterocycles. The van der Waals surface area contributed by atoms with Crippen LogP contribution in [0.2, 0.25) is 0 Å². The molecule has 1 unspecified atom stereocenters. The van der Waals surface area contributed by atoms with Gasteiger partial charge in [-0.05, 0) is 16.7 Å². The predicted octanol–water partition coefficient (Wildman–Crippen LogP) is 5.03. The molecule has 1 fully saturated rings. The lowest BCUT2D eigenvalue weighted by molar-refractivity contribution is -0.273. The number of hydrogen-bond acceptors (Lipinski definition) is 8. The van der Waals surface area contributed by atoms with E-state index >= 15 is 0 Å². The van der Waals surface area contributed by atoms with Gasteiger partial charge in [-0.2, -0.15) is 0 Å². The van der Waals surface area contributed by atoms with E-state index in [-0.39, 0.29) is 19.2 Å². The van der Waals surface area contributed by atoms with E-state index in [9.17, 15) is 9.59 Å². The Balaban J connectivity index is 1.64. The molecule has 8 nitrogen and oxygen atoms in total. The largest absolute Gasteiger partial charge is 0.466 e. The van der Waals surface area contributed by atoms with E-state index in [4.69, 9.17) is 28.4 Å². The minimum Gasteiger partial charge on any atom is -0.466 e. The molecule has 1 saturated heterocycles. The smallest absolute Gasteiger partial charge is 0.302 e. The Morgan fingerprint density at radius 3 is 1.44 bits per heavy atom. The van der Waals surface area contributed by atoms with Crippen LogP contribution >= 0.6 is 0 Å². The van der Waals surface area contributed by atoms with Gasteiger partial charge in [0, 0.05) is 20.3 Å². The highest BCUT2D eigenvalue weighted by atomic mass is 16.6. The van der Waals surface area contributed by atoms with Crippen molar-refractivity contribution in [2.24, 2.45) is 0 Å². The maximum absolute atomic E-state index is 11.8. The summed E-state index contributed by atoms with van der Waals surface area (Å²) in [5, 5.41) is 0. The standard InChI is InChI=1S/C33H38O8/c1-24(34)36-19-18-29-31(38-20-26-12-6-3-7-13-26)33(40-22-28-16-10-5-11-17-28)32(30(41-29)23-37-25(2)35)39-21-27-14-8-4-9-15-27/h3-17,29-33H,18-23H2,1-2H3/t29?,30-,31+,32+,33-/m1/s1. The third-order valence-electron chi connectivity index (χ3n) is 6.74. The van der Waals surface area contributed by atoms with Gasteiger partial charge in [0.15, 0.2) is 0 Å². The number of rotatable bonds is 14. The van der Waals surface area contributed by atoms with Crippen LogP contribution in [0.15, 0.2) is 91.0 Å². The van der Waals surface area contributed by atoms with Crippen LogP contribution in [0.1, 0.15) is 37.0 Å². The predicted molar refractivity (Wildman–Crippen MR) is 152 cm³/mol. The maximum Gasteiger partial charge on any atom is 0.302 e. The van der Waals surface area contributed by atoms with Crippen LogP contribution < -0.4 is 0 Å². The fourth-order valence-electron chi connectivity index (χ4n) is 4.77. The number of esters is 2. The van der Waals surface area contributed by atoms with E-state index in [2.05, 4.69) is 0 Å². The number of carbonyl (C=O) groups is 2. The van der Waals surface area contributed by atoms with Crippen molar-refractivity contribution in [1.82, 2.24) is 0 Å². The minimum absolute atomic E-state index is 0.0184. The number of ether oxygens (including phenoxy) is 6. The molecule has 0 aliphatic carbocycles. The molecule has 0 saturated carbocycles. The minimum atomic E-state index is -0.637. The molecule has 0 radical (unpaired) electrons. The van der Waals surface area contributed by atoms with Gasteiger partial charge in [-0.25, -0.2) is 0 Å². The van der Waals surface area contributed by atoms with Crippen LogP contribution in [0.4, 0.5) is 0 Å². The van der Waals surface area contributed by atoms with Gasteiger partial charge in [-0.15, -0.1) is 0 Å². The first kappa shape index (κ1) is 30.4. The molecule has 8 heteroatoms. The van der Waals surface area contributed by atoms with Crippen molar-refractivity contribution in [3.8, 4) is 0 Å². The molecule has 3 aromatic rings. The summed E-state index contributed by atoms with van der Waals surface area (Å²) in [6.07, 6.45) is -2.56. The lowest BCUT2D eigenvalue weighted by Crippen LogP contribution is -2.61. The molecule has 4 rings (SSSR count). The Morgan fingerprint density at radius 1 is 0.585 bits per heavy atom. The highest BCUT2D eigenvalue weighted by Crippen LogP contribution is 2.32. The summed E-state index contributed by atoms with van der Waals surface area (Å²) in [5.74, 6) is -0.795. The fourth-order valence-corrected chi connectivity index (χ4v) is 4.77. The Morgan fingerprint density at radius 2 is 1.00 bits per heavy atom. The van der Waals surface area contributed by atoms with Gasteiger partial charge in [0.2, 0.25) is 0 Å². The van der Waals surface area contributed by atoms with Crippen LogP contribution in [0.5, 0.6) is 0 Å². The second kappa shape index (κ2) is 16.0. The van der Waals surface area contributed by atoms with Crippen LogP contribution in [-0.2, 0) is 57.8 Å². The molecule has 5 atom stereocenters. The van der Waals surface area contributed by atoms with Gasteiger partial charge < -0.3 is 28.4 Å². The summed E-state index contributed by atoms with van der Waals surface area (Å²) in [6.45, 7) is 3.80. The van der Waals surface area contributed by atoms with Gasteiger partial charge in [0.1, 0.15) is 31.0 Å². The summed E-state index contributed by atoms with van der Waals surface area (Å²) in [6, 6.07) is 29.5. The fraction of sp³-hybridized carbons (Fsp3) is 0.394. The molecule has 0 spiro atoms. The van der Waals surface area contributed by atoms with Crippen molar-refractivity contribution in [2.45, 2.75) is 70.6 Å². The van der Waals surface area contributed by atoms with Gasteiger partial charge in [-0.1, -0.05) is 91.0 Å². The molecule has 1 heterocycles. The van der Waals surface area contributed by atoms with Crippen molar-refractivity contribution in [1.29, 1.82) is 0 Å². The molecule has 3 aromatic carbocycles. The zero-order valence-electron chi connectivity index (χ0n) is 23.6. The monoisotopic (exact) mass is 562 g/mol. The van der Waals surface area contributed by atoms with Crippen LogP contribution in [0, 0.1) is 0 Å². The highest BCUT2D eigenvalue weighted by molar-refractivity contribution is 5.66. The summed E-state index contributed by atoms with van der Waals surface area (Å²) in [7, 11) is 0. The number of benzene rings is 3. The van der Waals surface area contributed by atoms with E-state index in [1.165, 1.54) is 13.8 Å². The van der Waals surface area contributed by atoms with Crippen LogP contribution in [0.25, 0.3) is 0 Å². The average molecular weight is 563 g/mol. The Bertz CT molecular complexity index is 1190. The first-order valence-corrected chi connectivity index (χ1v) is 13.9. The van der Waals surface area contributed by atoms with Crippen molar-refractivity contribution >= 4 is 11.9 Å². The Kier molecular flexibility index (Phi) is 11.9. The SMILES string of the molecule is CC(=O)OCCC1O[C@H](COC(C)=O)[C@H](OCc2ccccc2)[C@H](OCc2ccccc2)[C@H]1OCc1ccccc1. The van der Waals surface area contributed by atoms with Crippen molar-refractivity contribution in [3.05, 3.63) is 108 Å². The lowest BCUT2D eigenvalue weighted by atomic mass is 9.92. The molecule has 0 bridgehead atoms. The Labute approximate surface area is 241 Å². The normalized spacial score (nSPS) is 22.1. The van der Waals surface area contributed by atoms with E-state index in [1.54, 1.807) is 0 Å². The highest BCUT2D eigenvalue weighted by Gasteiger charge is 2.48. The number of carbonyl (C=O) groups excluding carboxylic acids is 2. The summed E-state index contributed by atoms with van der Waals surface area (Å²) < 4.78 is 36.8. The van der Waals surface area contributed by atoms with E-state index in [0.717, 1.165) is 16.7 Å². The molecule has 41 heavy (non-hydrogen) atoms. The zero-order valence-corrected chi connectivity index (χ0v) is 23.6. The van der Waals surface area contributed by atoms with E-state index in [1.807, 2.05) is 91.0 Å². The van der Waals surface area contributed by atoms with Crippen molar-refractivity contribution < 1.29 is 38.0 Å². The third-order valence-corrected chi connectivity index (χ3v) is 6.74. The molecule has 0 N–H and O–H groups in total. The number of hydrogen-bond donors (Lipinski definition) is 0. The lowest BCUT2D eigenvalue weighted by Gasteiger charge is -2.46. The van der Waals surface area contributed by atoms with Crippen molar-refractivity contribution in [2.75, 3.05) is 13.2 Å². The van der Waals surface area contributed by atoms with Crippen molar-refractivity contribution in [3.63, 3.8) is 0 Å². The zero-order chi connectivity index (χ0) is 28.9. The van der Waals surface area contributed by atoms with Gasteiger partial charge >= 0.3 is 11.9 Å². The van der Waals surface area contributed by atoms with Gasteiger partial charge in [0.05, 0.1) is 32.5 Å². The summed E-state index contributed by atoms with van der Waals surface area (Å²) in [5.41, 5.74) is 2.98. The second-order valence-electron chi connectivity index (χ2n) is 9.93. The Hall–Kier alpha value is -3.56. The molecular formula is C33H38O8. The molecule has 1 aliphatic rings. The summed E-state index contributed by atoms with van der Waals surface area (Å²) in [4.78, 5) is 23.3. The van der Waals surface area contributed by atoms with E-state index < -0.39 is 36.5 Å².